The van der Waals surface area contributed by atoms with Crippen LogP contribution in [0.25, 0.3) is 10.8 Å². The van der Waals surface area contributed by atoms with Crippen molar-refractivity contribution in [1.82, 2.24) is 0 Å². The van der Waals surface area contributed by atoms with E-state index in [2.05, 4.69) is 43.3 Å². The van der Waals surface area contributed by atoms with E-state index < -0.39 is 0 Å². The van der Waals surface area contributed by atoms with Gasteiger partial charge in [-0.05, 0) is 29.3 Å². The molecule has 2 aromatic carbocycles. The molecule has 0 aromatic heterocycles. The van der Waals surface area contributed by atoms with E-state index in [1.54, 1.807) is 0 Å². The number of rotatable bonds is 1. The molecular weight excluding hydrogens is 180 g/mol. The molecule has 0 saturated carbocycles. The van der Waals surface area contributed by atoms with Crippen molar-refractivity contribution in [3.63, 3.8) is 0 Å². The fourth-order valence-corrected chi connectivity index (χ4v) is 1.66. The topological polar surface area (TPSA) is 0 Å². The van der Waals surface area contributed by atoms with Crippen molar-refractivity contribution in [3.05, 3.63) is 47.5 Å². The molecule has 0 fully saturated rings. The van der Waals surface area contributed by atoms with Gasteiger partial charge in [0, 0.05) is 5.88 Å². The molecule has 2 rings (SSSR count). The van der Waals surface area contributed by atoms with E-state index in [-0.39, 0.29) is 0 Å². The lowest BCUT2D eigenvalue weighted by Crippen LogP contribution is -1.79. The number of hydrogen-bond acceptors (Lipinski definition) is 0. The van der Waals surface area contributed by atoms with Crippen LogP contribution in [0.4, 0.5) is 0 Å². The van der Waals surface area contributed by atoms with Crippen LogP contribution in [0.5, 0.6) is 0 Å². The number of halogens is 1. The van der Waals surface area contributed by atoms with Crippen LogP contribution < -0.4 is 0 Å². The minimum absolute atomic E-state index is 0.587. The van der Waals surface area contributed by atoms with Crippen LogP contribution in [-0.2, 0) is 5.88 Å². The first-order chi connectivity index (χ1) is 6.29. The van der Waals surface area contributed by atoms with Gasteiger partial charge in [0.1, 0.15) is 0 Å². The third-order valence-corrected chi connectivity index (χ3v) is 2.52. The largest absolute Gasteiger partial charge is 0.122 e. The van der Waals surface area contributed by atoms with Gasteiger partial charge in [0.15, 0.2) is 0 Å². The lowest BCUT2D eigenvalue weighted by molar-refractivity contribution is 1.42. The number of alkyl halides is 1. The summed E-state index contributed by atoms with van der Waals surface area (Å²) < 4.78 is 0. The Kier molecular flexibility index (Phi) is 2.24. The summed E-state index contributed by atoms with van der Waals surface area (Å²) >= 11 is 5.76. The van der Waals surface area contributed by atoms with Crippen molar-refractivity contribution in [2.75, 3.05) is 0 Å². The third-order valence-electron chi connectivity index (χ3n) is 2.21. The predicted molar refractivity (Wildman–Crippen MR) is 58.2 cm³/mol. The molecule has 0 amide bonds. The normalized spacial score (nSPS) is 10.6. The van der Waals surface area contributed by atoms with Crippen molar-refractivity contribution in [1.29, 1.82) is 0 Å². The van der Waals surface area contributed by atoms with Crippen LogP contribution in [0.3, 0.4) is 0 Å². The summed E-state index contributed by atoms with van der Waals surface area (Å²) in [5.41, 5.74) is 2.48. The molecule has 0 bridgehead atoms. The van der Waals surface area contributed by atoms with Gasteiger partial charge in [-0.15, -0.1) is 11.6 Å². The van der Waals surface area contributed by atoms with Crippen LogP contribution in [0.15, 0.2) is 36.4 Å². The lowest BCUT2D eigenvalue weighted by Gasteiger charge is -2.01. The van der Waals surface area contributed by atoms with Gasteiger partial charge in [0.05, 0.1) is 0 Å². The molecule has 0 atom stereocenters. The Morgan fingerprint density at radius 3 is 2.46 bits per heavy atom. The highest BCUT2D eigenvalue weighted by Gasteiger charge is 1.95. The fraction of sp³-hybridized carbons (Fsp3) is 0.167. The second-order valence-corrected chi connectivity index (χ2v) is 3.59. The summed E-state index contributed by atoms with van der Waals surface area (Å²) in [5, 5.41) is 2.55. The summed E-state index contributed by atoms with van der Waals surface area (Å²) in [4.78, 5) is 0. The number of benzene rings is 2. The number of fused-ring (bicyclic) bond motifs is 1. The standard InChI is InChI=1S/C12H11Cl/c1-9-2-4-12-7-10(8-13)3-5-11(12)6-9/h2-7H,8H2,1H3. The molecule has 0 heterocycles. The molecular formula is C12H11Cl. The predicted octanol–water partition coefficient (Wildman–Crippen LogP) is 3.89. The van der Waals surface area contributed by atoms with E-state index in [9.17, 15) is 0 Å². The van der Waals surface area contributed by atoms with Gasteiger partial charge in [0.2, 0.25) is 0 Å². The molecule has 1 heteroatoms. The highest BCUT2D eigenvalue weighted by Crippen LogP contribution is 2.18. The molecule has 66 valence electrons. The second-order valence-electron chi connectivity index (χ2n) is 3.32. The summed E-state index contributed by atoms with van der Waals surface area (Å²) in [5.74, 6) is 0.587. The van der Waals surface area contributed by atoms with Crippen LogP contribution >= 0.6 is 11.6 Å². The average molecular weight is 191 g/mol. The maximum absolute atomic E-state index is 5.76. The minimum atomic E-state index is 0.587. The lowest BCUT2D eigenvalue weighted by atomic mass is 10.1. The Balaban J connectivity index is 2.66. The first kappa shape index (κ1) is 8.58. The van der Waals surface area contributed by atoms with Crippen LogP contribution in [0, 0.1) is 6.92 Å². The van der Waals surface area contributed by atoms with Gasteiger partial charge < -0.3 is 0 Å². The van der Waals surface area contributed by atoms with Crippen molar-refractivity contribution in [2.45, 2.75) is 12.8 Å². The molecule has 2 aromatic rings. The van der Waals surface area contributed by atoms with E-state index in [1.165, 1.54) is 21.9 Å². The maximum Gasteiger partial charge on any atom is 0.0474 e. The molecule has 0 aliphatic carbocycles. The van der Waals surface area contributed by atoms with E-state index in [0.717, 1.165) is 0 Å². The Hall–Kier alpha value is -1.01. The molecule has 0 unspecified atom stereocenters. The smallest absolute Gasteiger partial charge is 0.0474 e. The Labute approximate surface area is 83.1 Å². The SMILES string of the molecule is Cc1ccc2cc(CCl)ccc2c1. The van der Waals surface area contributed by atoms with Gasteiger partial charge in [-0.1, -0.05) is 35.9 Å². The minimum Gasteiger partial charge on any atom is -0.122 e. The van der Waals surface area contributed by atoms with Crippen LogP contribution in [0.2, 0.25) is 0 Å². The number of aryl methyl sites for hydroxylation is 1. The van der Waals surface area contributed by atoms with Crippen LogP contribution in [0.1, 0.15) is 11.1 Å². The molecule has 0 saturated heterocycles. The van der Waals surface area contributed by atoms with Crippen molar-refractivity contribution in [3.8, 4) is 0 Å². The van der Waals surface area contributed by atoms with Gasteiger partial charge in [-0.25, -0.2) is 0 Å². The van der Waals surface area contributed by atoms with Gasteiger partial charge >= 0.3 is 0 Å². The summed E-state index contributed by atoms with van der Waals surface area (Å²) in [6.45, 7) is 2.11. The molecule has 0 radical (unpaired) electrons. The van der Waals surface area contributed by atoms with E-state index in [1.807, 2.05) is 0 Å². The highest BCUT2D eigenvalue weighted by atomic mass is 35.5. The first-order valence-electron chi connectivity index (χ1n) is 4.35. The Bertz CT molecular complexity index is 432. The molecule has 0 nitrogen and oxygen atoms in total. The fourth-order valence-electron chi connectivity index (χ4n) is 1.50. The summed E-state index contributed by atoms with van der Waals surface area (Å²) in [6, 6.07) is 12.8. The molecule has 0 aliphatic rings. The zero-order valence-electron chi connectivity index (χ0n) is 7.55. The zero-order chi connectivity index (χ0) is 9.26. The highest BCUT2D eigenvalue weighted by molar-refractivity contribution is 6.17. The van der Waals surface area contributed by atoms with Crippen molar-refractivity contribution < 1.29 is 0 Å². The van der Waals surface area contributed by atoms with Gasteiger partial charge in [-0.2, -0.15) is 0 Å². The second kappa shape index (κ2) is 3.39. The summed E-state index contributed by atoms with van der Waals surface area (Å²) in [7, 11) is 0. The van der Waals surface area contributed by atoms with E-state index in [0.29, 0.717) is 5.88 Å². The molecule has 0 N–H and O–H groups in total. The molecule has 0 aliphatic heterocycles. The average Bonchev–Trinajstić information content (AvgIpc) is 2.17. The van der Waals surface area contributed by atoms with E-state index >= 15 is 0 Å². The molecule has 13 heavy (non-hydrogen) atoms. The van der Waals surface area contributed by atoms with Crippen molar-refractivity contribution >= 4 is 22.4 Å². The monoisotopic (exact) mass is 190 g/mol. The van der Waals surface area contributed by atoms with Crippen LogP contribution in [-0.4, -0.2) is 0 Å². The quantitative estimate of drug-likeness (QED) is 0.599. The maximum atomic E-state index is 5.76. The third kappa shape index (κ3) is 1.68. The van der Waals surface area contributed by atoms with Gasteiger partial charge in [0.25, 0.3) is 0 Å². The number of hydrogen-bond donors (Lipinski definition) is 0. The van der Waals surface area contributed by atoms with Gasteiger partial charge in [-0.3, -0.25) is 0 Å². The van der Waals surface area contributed by atoms with E-state index in [4.69, 9.17) is 11.6 Å². The zero-order valence-corrected chi connectivity index (χ0v) is 8.31. The Morgan fingerprint density at radius 2 is 1.69 bits per heavy atom. The summed E-state index contributed by atoms with van der Waals surface area (Å²) in [6.07, 6.45) is 0. The molecule has 0 spiro atoms. The first-order valence-corrected chi connectivity index (χ1v) is 4.88. The van der Waals surface area contributed by atoms with Crippen molar-refractivity contribution in [2.24, 2.45) is 0 Å². The Morgan fingerprint density at radius 1 is 1.00 bits per heavy atom.